The van der Waals surface area contributed by atoms with Gasteiger partial charge in [0, 0.05) is 4.88 Å². The van der Waals surface area contributed by atoms with E-state index in [9.17, 15) is 4.79 Å². The molecule has 0 aromatic carbocycles. The highest BCUT2D eigenvalue weighted by molar-refractivity contribution is 14.1. The number of aryl methyl sites for hydroxylation is 1. The lowest BCUT2D eigenvalue weighted by molar-refractivity contribution is 0.0948. The summed E-state index contributed by atoms with van der Waals surface area (Å²) < 4.78 is 11.6. The minimum atomic E-state index is -0.0954. The van der Waals surface area contributed by atoms with E-state index < -0.39 is 0 Å². The average Bonchev–Trinajstić information content (AvgIpc) is 3.37. The topological polar surface area (TPSA) is 67.7 Å². The van der Waals surface area contributed by atoms with Crippen LogP contribution in [0.5, 0.6) is 0 Å². The molecule has 0 spiro atoms. The van der Waals surface area contributed by atoms with E-state index >= 15 is 0 Å². The molecule has 4 rings (SSSR count). The molecule has 0 radical (unpaired) electrons. The second kappa shape index (κ2) is 7.79. The summed E-state index contributed by atoms with van der Waals surface area (Å²) >= 11 is 3.73. The predicted molar refractivity (Wildman–Crippen MR) is 110 cm³/mol. The normalized spacial score (nSPS) is 13.9. The lowest BCUT2D eigenvalue weighted by Gasteiger charge is -2.12. The van der Waals surface area contributed by atoms with Crippen molar-refractivity contribution >= 4 is 51.1 Å². The number of carbonyl (C=O) groups is 1. The van der Waals surface area contributed by atoms with Crippen LogP contribution in [0.3, 0.4) is 0 Å². The van der Waals surface area contributed by atoms with Crippen molar-refractivity contribution in [1.82, 2.24) is 5.32 Å². The van der Waals surface area contributed by atoms with Gasteiger partial charge in [0.15, 0.2) is 3.77 Å². The number of rotatable bonds is 5. The fourth-order valence-corrected chi connectivity index (χ4v) is 4.73. The van der Waals surface area contributed by atoms with Gasteiger partial charge in [-0.2, -0.15) is 0 Å². The molecule has 3 aromatic heterocycles. The van der Waals surface area contributed by atoms with Gasteiger partial charge in [-0.05, 0) is 78.1 Å². The van der Waals surface area contributed by atoms with Crippen LogP contribution in [0, 0.1) is 3.77 Å². The zero-order valence-electron chi connectivity index (χ0n) is 14.0. The molecule has 1 amide bonds. The molecule has 0 aliphatic heterocycles. The Morgan fingerprint density at radius 2 is 2.19 bits per heavy atom. The van der Waals surface area contributed by atoms with E-state index in [0.717, 1.165) is 39.4 Å². The molecule has 0 atom stereocenters. The Morgan fingerprint density at radius 3 is 2.96 bits per heavy atom. The molecule has 0 saturated heterocycles. The number of aliphatic imine (C=N–C) groups is 1. The van der Waals surface area contributed by atoms with Crippen LogP contribution in [-0.2, 0) is 19.4 Å². The molecule has 0 fully saturated rings. The van der Waals surface area contributed by atoms with Crippen LogP contribution in [-0.4, -0.2) is 12.1 Å². The van der Waals surface area contributed by atoms with E-state index in [1.54, 1.807) is 23.8 Å². The molecule has 1 aliphatic rings. The maximum Gasteiger partial charge on any atom is 0.255 e. The third kappa shape index (κ3) is 3.78. The van der Waals surface area contributed by atoms with Gasteiger partial charge in [-0.3, -0.25) is 4.79 Å². The fourth-order valence-electron chi connectivity index (χ4n) is 3.07. The summed E-state index contributed by atoms with van der Waals surface area (Å²) in [5.41, 5.74) is 1.85. The third-order valence-electron chi connectivity index (χ3n) is 4.29. The van der Waals surface area contributed by atoms with E-state index in [1.165, 1.54) is 11.3 Å². The number of nitrogens with zero attached hydrogens (tertiary/aromatic N) is 1. The highest BCUT2D eigenvalue weighted by Crippen LogP contribution is 2.39. The van der Waals surface area contributed by atoms with Gasteiger partial charge in [-0.25, -0.2) is 4.99 Å². The van der Waals surface area contributed by atoms with Gasteiger partial charge in [0.25, 0.3) is 5.91 Å². The number of halogens is 1. The van der Waals surface area contributed by atoms with Gasteiger partial charge in [-0.1, -0.05) is 0 Å². The number of furan rings is 2. The van der Waals surface area contributed by atoms with Crippen molar-refractivity contribution in [3.63, 3.8) is 0 Å². The molecule has 1 N–H and O–H groups in total. The summed E-state index contributed by atoms with van der Waals surface area (Å²) in [5, 5.41) is 3.71. The summed E-state index contributed by atoms with van der Waals surface area (Å²) in [6, 6.07) is 7.42. The molecule has 7 heteroatoms. The first-order valence-electron chi connectivity index (χ1n) is 8.45. The van der Waals surface area contributed by atoms with Crippen LogP contribution in [0.4, 0.5) is 5.00 Å². The highest BCUT2D eigenvalue weighted by atomic mass is 127. The van der Waals surface area contributed by atoms with Gasteiger partial charge < -0.3 is 14.2 Å². The zero-order valence-corrected chi connectivity index (χ0v) is 16.9. The Hall–Kier alpha value is -1.87. The van der Waals surface area contributed by atoms with Crippen LogP contribution < -0.4 is 5.32 Å². The number of amides is 1. The SMILES string of the molecule is O=C(NCc1ccco1)c1c(N=Cc2ccc(I)o2)sc2c1CCCC2. The van der Waals surface area contributed by atoms with Crippen molar-refractivity contribution < 1.29 is 13.6 Å². The van der Waals surface area contributed by atoms with Crippen molar-refractivity contribution in [2.24, 2.45) is 4.99 Å². The molecule has 0 unspecified atom stereocenters. The van der Waals surface area contributed by atoms with Crippen LogP contribution in [0.25, 0.3) is 0 Å². The molecule has 5 nitrogen and oxygen atoms in total. The Bertz CT molecular complexity index is 940. The van der Waals surface area contributed by atoms with E-state index in [-0.39, 0.29) is 5.91 Å². The smallest absolute Gasteiger partial charge is 0.255 e. The maximum atomic E-state index is 12.9. The van der Waals surface area contributed by atoms with Gasteiger partial charge in [0.2, 0.25) is 0 Å². The van der Waals surface area contributed by atoms with E-state index in [4.69, 9.17) is 8.83 Å². The summed E-state index contributed by atoms with van der Waals surface area (Å²) in [6.45, 7) is 0.371. The molecule has 3 heterocycles. The molecular weight excluding hydrogens is 463 g/mol. The summed E-state index contributed by atoms with van der Waals surface area (Å²) in [5.74, 6) is 1.32. The first kappa shape index (κ1) is 17.5. The number of fused-ring (bicyclic) bond motifs is 1. The van der Waals surface area contributed by atoms with Crippen molar-refractivity contribution in [3.8, 4) is 0 Å². The minimum absolute atomic E-state index is 0.0954. The molecule has 1 aliphatic carbocycles. The number of hydrogen-bond acceptors (Lipinski definition) is 5. The predicted octanol–water partition coefficient (Wildman–Crippen LogP) is 5.10. The van der Waals surface area contributed by atoms with Crippen molar-refractivity contribution in [1.29, 1.82) is 0 Å². The first-order valence-corrected chi connectivity index (χ1v) is 10.3. The van der Waals surface area contributed by atoms with E-state index in [0.29, 0.717) is 17.9 Å². The number of hydrogen-bond donors (Lipinski definition) is 1. The Balaban J connectivity index is 1.61. The second-order valence-electron chi connectivity index (χ2n) is 6.05. The van der Waals surface area contributed by atoms with Crippen LogP contribution in [0.2, 0.25) is 0 Å². The van der Waals surface area contributed by atoms with Crippen LogP contribution in [0.15, 0.2) is 44.4 Å². The Labute approximate surface area is 168 Å². The Kier molecular flexibility index (Phi) is 5.26. The average molecular weight is 480 g/mol. The second-order valence-corrected chi connectivity index (χ2v) is 8.20. The molecule has 0 bridgehead atoms. The molecule has 3 aromatic rings. The molecule has 0 saturated carbocycles. The zero-order chi connectivity index (χ0) is 17.9. The van der Waals surface area contributed by atoms with Gasteiger partial charge in [-0.15, -0.1) is 11.3 Å². The quantitative estimate of drug-likeness (QED) is 0.408. The van der Waals surface area contributed by atoms with Crippen molar-refractivity contribution in [3.05, 3.63) is 61.8 Å². The minimum Gasteiger partial charge on any atom is -0.467 e. The van der Waals surface area contributed by atoms with Crippen molar-refractivity contribution in [2.75, 3.05) is 0 Å². The van der Waals surface area contributed by atoms with Gasteiger partial charge >= 0.3 is 0 Å². The number of carbonyl (C=O) groups excluding carboxylic acids is 1. The lowest BCUT2D eigenvalue weighted by Crippen LogP contribution is -2.23. The summed E-state index contributed by atoms with van der Waals surface area (Å²) in [6.07, 6.45) is 7.52. The molecular formula is C19H17IN2O3S. The van der Waals surface area contributed by atoms with Crippen LogP contribution in [0.1, 0.15) is 45.2 Å². The molecule has 26 heavy (non-hydrogen) atoms. The maximum absolute atomic E-state index is 12.9. The largest absolute Gasteiger partial charge is 0.467 e. The van der Waals surface area contributed by atoms with Crippen molar-refractivity contribution in [2.45, 2.75) is 32.2 Å². The van der Waals surface area contributed by atoms with Crippen LogP contribution >= 0.6 is 33.9 Å². The third-order valence-corrected chi connectivity index (χ3v) is 6.07. The number of nitrogens with one attached hydrogen (secondary N) is 1. The Morgan fingerprint density at radius 1 is 1.31 bits per heavy atom. The highest BCUT2D eigenvalue weighted by Gasteiger charge is 2.25. The number of thiophene rings is 1. The summed E-state index contributed by atoms with van der Waals surface area (Å²) in [7, 11) is 0. The summed E-state index contributed by atoms with van der Waals surface area (Å²) in [4.78, 5) is 18.7. The van der Waals surface area contributed by atoms with Gasteiger partial charge in [0.05, 0.1) is 24.6 Å². The van der Waals surface area contributed by atoms with E-state index in [2.05, 4.69) is 32.9 Å². The monoisotopic (exact) mass is 480 g/mol. The first-order chi connectivity index (χ1) is 12.7. The standard InChI is InChI=1S/C19H17IN2O3S/c20-16-8-7-13(25-16)11-22-19-17(14-5-1-2-6-15(14)26-19)18(23)21-10-12-4-3-9-24-12/h3-4,7-9,11H,1-2,5-6,10H2,(H,21,23). The molecule has 134 valence electrons. The van der Waals surface area contributed by atoms with E-state index in [1.807, 2.05) is 24.3 Å². The van der Waals surface area contributed by atoms with Gasteiger partial charge in [0.1, 0.15) is 16.5 Å². The lowest BCUT2D eigenvalue weighted by atomic mass is 9.95. The fraction of sp³-hybridized carbons (Fsp3) is 0.263.